The molecule has 0 spiro atoms. The number of H-pyrrole nitrogens is 2. The minimum atomic E-state index is -1.33. The smallest absolute Gasteiger partial charge is 0.337 e. The Hall–Kier alpha value is -7.98. The molecule has 3 aromatic carbocycles. The normalized spacial score (nSPS) is 13.4. The van der Waals surface area contributed by atoms with Crippen LogP contribution in [0.5, 0.6) is 0 Å². The van der Waals surface area contributed by atoms with Gasteiger partial charge in [-0.3, -0.25) is 29.4 Å². The van der Waals surface area contributed by atoms with E-state index in [0.717, 1.165) is 15.9 Å². The Bertz CT molecular complexity index is 2600. The number of carbonyl (C=O) groups is 6. The number of nitrogens with zero attached hydrogens (tertiary/aromatic N) is 5. The van der Waals surface area contributed by atoms with E-state index in [1.54, 1.807) is 36.5 Å². The number of nitrogens with two attached hydrogens (primary N) is 3. The molecule has 3 heterocycles. The number of hydrazine groups is 1. The van der Waals surface area contributed by atoms with Gasteiger partial charge in [-0.1, -0.05) is 53.7 Å². The second-order valence-corrected chi connectivity index (χ2v) is 15.9. The summed E-state index contributed by atoms with van der Waals surface area (Å²) in [6.45, 7) is 1.33. The highest BCUT2D eigenvalue weighted by molar-refractivity contribution is 5.95. The molecule has 0 aliphatic heterocycles. The van der Waals surface area contributed by atoms with Crippen LogP contribution in [0.25, 0.3) is 16.6 Å². The molecule has 22 heteroatoms. The molecule has 7 amide bonds. The zero-order valence-electron chi connectivity index (χ0n) is 36.7. The standard InChI is InChI=1S/C45H54FN15O6/c1-27(53-43(65)39(20-29-22-51-36-12-6-5-11-34(29)36)55-42(64)35(48)21-31-23-50-26-52-31)41(63)58-61(25-32-24-60(59-57-32)33-16-14-30(46)15-17-33)45(67)56-38(19-28-9-3-2-4-10-28)44(66)54-37(40(49)62)13-7-8-18-47/h2-6,9-12,14-17,22-24,26-27,35,37-39,51H,7-8,13,18-21,25,47-48H2,1H3,(H2,49,62)(H,50,52)(H,53,65)(H,54,66)(H,55,64)(H,56,67)(H,58,63)/t27-,35-,37-,38+,39+/m0/s1. The fourth-order valence-corrected chi connectivity index (χ4v) is 7.10. The molecule has 13 N–H and O–H groups in total. The Kier molecular flexibility index (Phi) is 16.8. The molecule has 0 fully saturated rings. The molecule has 0 saturated heterocycles. The van der Waals surface area contributed by atoms with Crippen LogP contribution in [0.1, 0.15) is 48.7 Å². The van der Waals surface area contributed by atoms with E-state index >= 15 is 0 Å². The molecule has 0 saturated carbocycles. The molecular weight excluding hydrogens is 866 g/mol. The van der Waals surface area contributed by atoms with Gasteiger partial charge in [-0.05, 0) is 74.2 Å². The van der Waals surface area contributed by atoms with E-state index in [9.17, 15) is 33.2 Å². The zero-order chi connectivity index (χ0) is 47.9. The fourth-order valence-electron chi connectivity index (χ4n) is 7.10. The van der Waals surface area contributed by atoms with E-state index in [1.807, 2.05) is 24.3 Å². The first-order valence-corrected chi connectivity index (χ1v) is 21.6. The van der Waals surface area contributed by atoms with Crippen LogP contribution in [0.3, 0.4) is 0 Å². The first-order valence-electron chi connectivity index (χ1n) is 21.6. The second kappa shape index (κ2) is 23.3. The number of rotatable bonds is 22. The van der Waals surface area contributed by atoms with Crippen molar-refractivity contribution in [1.82, 2.24) is 61.6 Å². The minimum absolute atomic E-state index is 0.0133. The minimum Gasteiger partial charge on any atom is -0.368 e. The number of imidazole rings is 1. The number of primary amides is 1. The largest absolute Gasteiger partial charge is 0.368 e. The molecule has 0 unspecified atom stereocenters. The SMILES string of the molecule is C[C@H](NC(=O)[C@@H](Cc1c[nH]c2ccccc12)NC(=O)[C@@H](N)Cc1cnc[nH]1)C(=O)NN(Cc1cn(-c2ccc(F)cc2)nn1)C(=O)N[C@H](Cc1ccccc1)C(=O)N[C@@H](CCCCN)C(N)=O. The lowest BCUT2D eigenvalue weighted by atomic mass is 10.0. The van der Waals surface area contributed by atoms with Crippen molar-refractivity contribution >= 4 is 46.5 Å². The number of unbranched alkanes of at least 4 members (excludes halogenated alkanes) is 1. The molecule has 5 atom stereocenters. The predicted octanol–water partition coefficient (Wildman–Crippen LogP) is 0.666. The van der Waals surface area contributed by atoms with Crippen LogP contribution in [-0.2, 0) is 49.8 Å². The highest BCUT2D eigenvalue weighted by Crippen LogP contribution is 2.20. The number of hydrogen-bond donors (Lipinski definition) is 10. The number of benzene rings is 3. The maximum atomic E-state index is 14.3. The molecule has 6 aromatic rings. The summed E-state index contributed by atoms with van der Waals surface area (Å²) in [5.41, 5.74) is 23.4. The van der Waals surface area contributed by atoms with Crippen LogP contribution in [0, 0.1) is 5.82 Å². The van der Waals surface area contributed by atoms with E-state index in [2.05, 4.69) is 52.0 Å². The Balaban J connectivity index is 1.23. The van der Waals surface area contributed by atoms with Crippen LogP contribution < -0.4 is 43.9 Å². The van der Waals surface area contributed by atoms with Gasteiger partial charge in [-0.25, -0.2) is 23.9 Å². The van der Waals surface area contributed by atoms with Crippen LogP contribution in [0.4, 0.5) is 9.18 Å². The summed E-state index contributed by atoms with van der Waals surface area (Å²) in [6, 6.07) is 14.7. The van der Waals surface area contributed by atoms with Crippen LogP contribution in [0.15, 0.2) is 104 Å². The molecule has 67 heavy (non-hydrogen) atoms. The molecule has 6 rings (SSSR count). The quantitative estimate of drug-likeness (QED) is 0.0333. The van der Waals surface area contributed by atoms with Gasteiger partial charge >= 0.3 is 6.03 Å². The van der Waals surface area contributed by atoms with Crippen molar-refractivity contribution in [1.29, 1.82) is 0 Å². The van der Waals surface area contributed by atoms with E-state index in [4.69, 9.17) is 17.2 Å². The van der Waals surface area contributed by atoms with Gasteiger partial charge in [-0.2, -0.15) is 0 Å². The lowest BCUT2D eigenvalue weighted by Crippen LogP contribution is -2.60. The van der Waals surface area contributed by atoms with Gasteiger partial charge in [0.05, 0.1) is 30.8 Å². The number of nitrogens with one attached hydrogen (secondary N) is 7. The van der Waals surface area contributed by atoms with Gasteiger partial charge in [-0.15, -0.1) is 5.10 Å². The monoisotopic (exact) mass is 919 g/mol. The number of fused-ring (bicyclic) bond motifs is 1. The summed E-state index contributed by atoms with van der Waals surface area (Å²) in [4.78, 5) is 92.2. The summed E-state index contributed by atoms with van der Waals surface area (Å²) in [5, 5.41) is 20.6. The number of urea groups is 1. The van der Waals surface area contributed by atoms with Crippen LogP contribution in [-0.4, -0.2) is 107 Å². The van der Waals surface area contributed by atoms with Gasteiger partial charge in [0, 0.05) is 48.3 Å². The van der Waals surface area contributed by atoms with Crippen LogP contribution in [0.2, 0.25) is 0 Å². The van der Waals surface area contributed by atoms with Crippen molar-refractivity contribution in [2.24, 2.45) is 17.2 Å². The van der Waals surface area contributed by atoms with Crippen molar-refractivity contribution in [2.45, 2.75) is 82.2 Å². The Morgan fingerprint density at radius 3 is 2.21 bits per heavy atom. The Morgan fingerprint density at radius 1 is 0.791 bits per heavy atom. The molecule has 21 nitrogen and oxygen atoms in total. The van der Waals surface area contributed by atoms with Crippen molar-refractivity contribution < 1.29 is 33.2 Å². The summed E-state index contributed by atoms with van der Waals surface area (Å²) >= 11 is 0. The molecular formula is C45H54FN15O6. The second-order valence-electron chi connectivity index (χ2n) is 15.9. The number of para-hydroxylation sites is 1. The average molecular weight is 920 g/mol. The van der Waals surface area contributed by atoms with E-state index < -0.39 is 78.1 Å². The van der Waals surface area contributed by atoms with E-state index in [0.29, 0.717) is 41.9 Å². The number of hydrogen-bond acceptors (Lipinski definition) is 11. The summed E-state index contributed by atoms with van der Waals surface area (Å²) in [5.74, 6) is -4.21. The molecule has 0 radical (unpaired) electrons. The molecule has 352 valence electrons. The first-order chi connectivity index (χ1) is 32.3. The van der Waals surface area contributed by atoms with Gasteiger partial charge in [0.25, 0.3) is 5.91 Å². The van der Waals surface area contributed by atoms with E-state index in [1.165, 1.54) is 54.6 Å². The highest BCUT2D eigenvalue weighted by Gasteiger charge is 2.32. The van der Waals surface area contributed by atoms with Crippen LogP contribution >= 0.6 is 0 Å². The topological polar surface area (TPSA) is 319 Å². The lowest BCUT2D eigenvalue weighted by molar-refractivity contribution is -0.133. The number of halogens is 1. The zero-order valence-corrected chi connectivity index (χ0v) is 36.7. The Labute approximate surface area is 384 Å². The number of amides is 7. The summed E-state index contributed by atoms with van der Waals surface area (Å²) < 4.78 is 15.0. The predicted molar refractivity (Wildman–Crippen MR) is 243 cm³/mol. The van der Waals surface area contributed by atoms with Crippen molar-refractivity contribution in [2.75, 3.05) is 6.54 Å². The Morgan fingerprint density at radius 2 is 1.49 bits per heavy atom. The third-order valence-corrected chi connectivity index (χ3v) is 10.8. The average Bonchev–Trinajstić information content (AvgIpc) is 4.11. The third-order valence-electron chi connectivity index (χ3n) is 10.8. The lowest BCUT2D eigenvalue weighted by Gasteiger charge is -2.28. The van der Waals surface area contributed by atoms with Gasteiger partial charge < -0.3 is 48.4 Å². The molecule has 0 bridgehead atoms. The summed E-state index contributed by atoms with van der Waals surface area (Å²) in [6.07, 6.45) is 7.55. The number of aromatic amines is 2. The summed E-state index contributed by atoms with van der Waals surface area (Å²) in [7, 11) is 0. The van der Waals surface area contributed by atoms with Gasteiger partial charge in [0.2, 0.25) is 23.6 Å². The molecule has 3 aromatic heterocycles. The van der Waals surface area contributed by atoms with Gasteiger partial charge in [0.15, 0.2) is 0 Å². The molecule has 0 aliphatic carbocycles. The highest BCUT2D eigenvalue weighted by atomic mass is 19.1. The van der Waals surface area contributed by atoms with Crippen molar-refractivity contribution in [3.05, 3.63) is 132 Å². The number of carbonyl (C=O) groups excluding carboxylic acids is 6. The van der Waals surface area contributed by atoms with E-state index in [-0.39, 0.29) is 31.4 Å². The first kappa shape index (κ1) is 48.5. The molecule has 0 aliphatic rings. The maximum Gasteiger partial charge on any atom is 0.337 e. The van der Waals surface area contributed by atoms with Crippen molar-refractivity contribution in [3.63, 3.8) is 0 Å². The fraction of sp³-hybridized carbons (Fsp3) is 0.311. The third kappa shape index (κ3) is 13.8. The van der Waals surface area contributed by atoms with Crippen molar-refractivity contribution in [3.8, 4) is 5.69 Å². The van der Waals surface area contributed by atoms with Gasteiger partial charge in [0.1, 0.15) is 35.7 Å². The maximum absolute atomic E-state index is 14.3. The number of aromatic nitrogens is 6.